The Morgan fingerprint density at radius 2 is 1.68 bits per heavy atom. The van der Waals surface area contributed by atoms with Crippen LogP contribution < -0.4 is 5.32 Å². The lowest BCUT2D eigenvalue weighted by Crippen LogP contribution is -2.37. The molecule has 5 heteroatoms. The van der Waals surface area contributed by atoms with E-state index in [9.17, 15) is 9.59 Å². The fourth-order valence-electron chi connectivity index (χ4n) is 2.81. The first-order valence-electron chi connectivity index (χ1n) is 9.26. The number of carbonyl (C=O) groups is 2. The van der Waals surface area contributed by atoms with Gasteiger partial charge in [0.2, 0.25) is 0 Å². The third-order valence-corrected chi connectivity index (χ3v) is 5.27. The SMILES string of the molecule is C[C@H](OC(=O)Cc1ccc(-c2ccccc2)cc1)C(=O)NCCc1cccs1. The Morgan fingerprint density at radius 1 is 0.964 bits per heavy atom. The summed E-state index contributed by atoms with van der Waals surface area (Å²) in [7, 11) is 0. The first kappa shape index (κ1) is 19.8. The van der Waals surface area contributed by atoms with Crippen LogP contribution >= 0.6 is 11.3 Å². The van der Waals surface area contributed by atoms with Crippen molar-refractivity contribution in [2.45, 2.75) is 25.9 Å². The first-order valence-corrected chi connectivity index (χ1v) is 10.1. The molecule has 1 aromatic heterocycles. The monoisotopic (exact) mass is 393 g/mol. The van der Waals surface area contributed by atoms with Crippen LogP contribution in [0, 0.1) is 0 Å². The molecule has 4 nitrogen and oxygen atoms in total. The largest absolute Gasteiger partial charge is 0.452 e. The van der Waals surface area contributed by atoms with Gasteiger partial charge in [0.15, 0.2) is 6.10 Å². The zero-order valence-electron chi connectivity index (χ0n) is 15.8. The molecule has 0 bridgehead atoms. The van der Waals surface area contributed by atoms with Gasteiger partial charge in [-0.3, -0.25) is 9.59 Å². The highest BCUT2D eigenvalue weighted by molar-refractivity contribution is 7.09. The molecule has 0 aliphatic carbocycles. The van der Waals surface area contributed by atoms with Gasteiger partial charge in [-0.2, -0.15) is 0 Å². The molecule has 1 atom stereocenters. The number of amides is 1. The summed E-state index contributed by atoms with van der Waals surface area (Å²) >= 11 is 1.66. The molecule has 3 aromatic rings. The maximum Gasteiger partial charge on any atom is 0.311 e. The Kier molecular flexibility index (Phi) is 6.98. The van der Waals surface area contributed by atoms with Crippen molar-refractivity contribution in [1.82, 2.24) is 5.32 Å². The standard InChI is InChI=1S/C23H23NO3S/c1-17(23(26)24-14-13-21-8-5-15-28-21)27-22(25)16-18-9-11-20(12-10-18)19-6-3-2-4-7-19/h2-12,15,17H,13-14,16H2,1H3,(H,24,26)/t17-/m0/s1. The van der Waals surface area contributed by atoms with E-state index in [2.05, 4.69) is 5.32 Å². The minimum absolute atomic E-state index is 0.141. The quantitative estimate of drug-likeness (QED) is 0.582. The van der Waals surface area contributed by atoms with Crippen molar-refractivity contribution in [2.24, 2.45) is 0 Å². The summed E-state index contributed by atoms with van der Waals surface area (Å²) in [6, 6.07) is 21.9. The first-order chi connectivity index (χ1) is 13.6. The zero-order valence-corrected chi connectivity index (χ0v) is 16.6. The Balaban J connectivity index is 1.44. The molecule has 0 saturated carbocycles. The van der Waals surface area contributed by atoms with Gasteiger partial charge in [-0.15, -0.1) is 11.3 Å². The van der Waals surface area contributed by atoms with Crippen LogP contribution in [0.4, 0.5) is 0 Å². The fourth-order valence-corrected chi connectivity index (χ4v) is 3.52. The smallest absolute Gasteiger partial charge is 0.311 e. The van der Waals surface area contributed by atoms with E-state index in [0.29, 0.717) is 6.54 Å². The second-order valence-corrected chi connectivity index (χ2v) is 7.52. The number of hydrogen-bond acceptors (Lipinski definition) is 4. The van der Waals surface area contributed by atoms with Crippen LogP contribution in [-0.4, -0.2) is 24.5 Å². The molecule has 0 spiro atoms. The molecular formula is C23H23NO3S. The topological polar surface area (TPSA) is 55.4 Å². The highest BCUT2D eigenvalue weighted by atomic mass is 32.1. The second-order valence-electron chi connectivity index (χ2n) is 6.49. The average molecular weight is 394 g/mol. The summed E-state index contributed by atoms with van der Waals surface area (Å²) in [6.07, 6.45) is 0.110. The van der Waals surface area contributed by atoms with Gasteiger partial charge in [-0.05, 0) is 41.5 Å². The molecule has 3 rings (SSSR count). The molecule has 0 fully saturated rings. The van der Waals surface area contributed by atoms with Crippen molar-refractivity contribution in [3.63, 3.8) is 0 Å². The number of nitrogens with one attached hydrogen (secondary N) is 1. The molecule has 0 radical (unpaired) electrons. The van der Waals surface area contributed by atoms with E-state index < -0.39 is 12.1 Å². The van der Waals surface area contributed by atoms with Crippen molar-refractivity contribution < 1.29 is 14.3 Å². The molecule has 0 aliphatic heterocycles. The predicted molar refractivity (Wildman–Crippen MR) is 112 cm³/mol. The molecule has 2 aromatic carbocycles. The number of benzene rings is 2. The highest BCUT2D eigenvalue weighted by Gasteiger charge is 2.17. The summed E-state index contributed by atoms with van der Waals surface area (Å²) in [4.78, 5) is 25.4. The van der Waals surface area contributed by atoms with E-state index in [0.717, 1.165) is 23.1 Å². The van der Waals surface area contributed by atoms with Crippen LogP contribution in [-0.2, 0) is 27.2 Å². The number of esters is 1. The lowest BCUT2D eigenvalue weighted by atomic mass is 10.0. The van der Waals surface area contributed by atoms with Crippen molar-refractivity contribution in [3.8, 4) is 11.1 Å². The molecule has 28 heavy (non-hydrogen) atoms. The summed E-state index contributed by atoms with van der Waals surface area (Å²) < 4.78 is 5.27. The number of ether oxygens (including phenoxy) is 1. The van der Waals surface area contributed by atoms with E-state index in [-0.39, 0.29) is 12.3 Å². The van der Waals surface area contributed by atoms with Crippen LogP contribution in [0.2, 0.25) is 0 Å². The van der Waals surface area contributed by atoms with Crippen molar-refractivity contribution >= 4 is 23.2 Å². The Bertz CT molecular complexity index is 889. The van der Waals surface area contributed by atoms with Crippen molar-refractivity contribution in [1.29, 1.82) is 0 Å². The number of hydrogen-bond donors (Lipinski definition) is 1. The molecule has 0 unspecified atom stereocenters. The van der Waals surface area contributed by atoms with Gasteiger partial charge in [0, 0.05) is 11.4 Å². The third kappa shape index (κ3) is 5.79. The number of thiophene rings is 1. The Labute approximate surface area is 169 Å². The molecular weight excluding hydrogens is 370 g/mol. The van der Waals surface area contributed by atoms with Gasteiger partial charge >= 0.3 is 5.97 Å². The number of rotatable bonds is 8. The van der Waals surface area contributed by atoms with Gasteiger partial charge in [-0.25, -0.2) is 0 Å². The molecule has 0 saturated heterocycles. The van der Waals surface area contributed by atoms with Gasteiger partial charge < -0.3 is 10.1 Å². The van der Waals surface area contributed by atoms with E-state index >= 15 is 0 Å². The van der Waals surface area contributed by atoms with Crippen LogP contribution in [0.1, 0.15) is 17.4 Å². The van der Waals surface area contributed by atoms with Crippen LogP contribution in [0.5, 0.6) is 0 Å². The Morgan fingerprint density at radius 3 is 2.36 bits per heavy atom. The van der Waals surface area contributed by atoms with Gasteiger partial charge in [0.1, 0.15) is 0 Å². The third-order valence-electron chi connectivity index (χ3n) is 4.34. The van der Waals surface area contributed by atoms with Crippen molar-refractivity contribution in [3.05, 3.63) is 82.6 Å². The normalized spacial score (nSPS) is 11.6. The predicted octanol–water partition coefficient (Wildman–Crippen LogP) is 4.25. The Hall–Kier alpha value is -2.92. The van der Waals surface area contributed by atoms with Crippen LogP contribution in [0.3, 0.4) is 0 Å². The van der Waals surface area contributed by atoms with E-state index in [1.165, 1.54) is 4.88 Å². The molecule has 1 heterocycles. The van der Waals surface area contributed by atoms with Crippen molar-refractivity contribution in [2.75, 3.05) is 6.54 Å². The van der Waals surface area contributed by atoms with Crippen LogP contribution in [0.25, 0.3) is 11.1 Å². The van der Waals surface area contributed by atoms with Gasteiger partial charge in [0.25, 0.3) is 5.91 Å². The van der Waals surface area contributed by atoms with E-state index in [4.69, 9.17) is 4.74 Å². The van der Waals surface area contributed by atoms with Gasteiger partial charge in [0.05, 0.1) is 6.42 Å². The summed E-state index contributed by atoms with van der Waals surface area (Å²) in [5.74, 6) is -0.683. The summed E-state index contributed by atoms with van der Waals surface area (Å²) in [5.41, 5.74) is 3.08. The maximum absolute atomic E-state index is 12.1. The second kappa shape index (κ2) is 9.85. The summed E-state index contributed by atoms with van der Waals surface area (Å²) in [6.45, 7) is 2.12. The van der Waals surface area contributed by atoms with E-state index in [1.54, 1.807) is 18.3 Å². The summed E-state index contributed by atoms with van der Waals surface area (Å²) in [5, 5.41) is 4.81. The number of carbonyl (C=O) groups excluding carboxylic acids is 2. The zero-order chi connectivity index (χ0) is 19.8. The molecule has 1 amide bonds. The minimum atomic E-state index is -0.806. The fraction of sp³-hybridized carbons (Fsp3) is 0.217. The van der Waals surface area contributed by atoms with E-state index in [1.807, 2.05) is 72.1 Å². The molecule has 144 valence electrons. The molecule has 1 N–H and O–H groups in total. The average Bonchev–Trinajstić information content (AvgIpc) is 3.22. The van der Waals surface area contributed by atoms with Gasteiger partial charge in [-0.1, -0.05) is 60.7 Å². The lowest BCUT2D eigenvalue weighted by molar-refractivity contribution is -0.154. The minimum Gasteiger partial charge on any atom is -0.452 e. The molecule has 0 aliphatic rings. The maximum atomic E-state index is 12.1. The highest BCUT2D eigenvalue weighted by Crippen LogP contribution is 2.19. The lowest BCUT2D eigenvalue weighted by Gasteiger charge is -2.13. The van der Waals surface area contributed by atoms with Crippen LogP contribution in [0.15, 0.2) is 72.1 Å².